The van der Waals surface area contributed by atoms with Gasteiger partial charge in [0.25, 0.3) is 0 Å². The molecule has 2 bridgehead atoms. The van der Waals surface area contributed by atoms with Crippen LogP contribution in [0.2, 0.25) is 0 Å². The zero-order valence-corrected chi connectivity index (χ0v) is 24.5. The SMILES string of the molecule is CC(=O)O[C@H]1[C@H](OC(=O)c2ccccc2)[C@@]2(C)[C@@H](OC(=O)C=Cc3ccccc3)C[C@@H]3C[C@]2(OC3(C)C)[C@@](C)(O)[C@H]1O. The molecular weight excluding hydrogens is 540 g/mol. The van der Waals surface area contributed by atoms with Crippen LogP contribution in [0.4, 0.5) is 0 Å². The van der Waals surface area contributed by atoms with Gasteiger partial charge < -0.3 is 29.2 Å². The molecule has 2 aliphatic carbocycles. The first-order valence-corrected chi connectivity index (χ1v) is 14.2. The number of hydrogen-bond donors (Lipinski definition) is 2. The van der Waals surface area contributed by atoms with Crippen molar-refractivity contribution in [1.82, 2.24) is 0 Å². The minimum Gasteiger partial charge on any atom is -0.458 e. The van der Waals surface area contributed by atoms with E-state index in [1.807, 2.05) is 44.2 Å². The number of benzene rings is 2. The van der Waals surface area contributed by atoms with Crippen LogP contribution in [0, 0.1) is 11.3 Å². The molecule has 8 atom stereocenters. The van der Waals surface area contributed by atoms with E-state index in [1.165, 1.54) is 19.9 Å². The maximum atomic E-state index is 13.5. The largest absolute Gasteiger partial charge is 0.458 e. The molecule has 0 aromatic heterocycles. The van der Waals surface area contributed by atoms with Crippen LogP contribution in [-0.4, -0.2) is 69.3 Å². The predicted octanol–water partition coefficient (Wildman–Crippen LogP) is 3.86. The number of carbonyl (C=O) groups is 3. The number of esters is 3. The zero-order valence-electron chi connectivity index (χ0n) is 24.5. The molecule has 1 aliphatic heterocycles. The fourth-order valence-corrected chi connectivity index (χ4v) is 7.30. The molecule has 2 aromatic carbocycles. The third kappa shape index (κ3) is 4.73. The fourth-order valence-electron chi connectivity index (χ4n) is 7.30. The van der Waals surface area contributed by atoms with Crippen LogP contribution in [0.5, 0.6) is 0 Å². The Morgan fingerprint density at radius 1 is 0.929 bits per heavy atom. The summed E-state index contributed by atoms with van der Waals surface area (Å²) in [6, 6.07) is 17.5. The fraction of sp³-hybridized carbons (Fsp3) is 0.485. The predicted molar refractivity (Wildman–Crippen MR) is 152 cm³/mol. The molecule has 0 amide bonds. The molecule has 1 spiro atoms. The van der Waals surface area contributed by atoms with Crippen LogP contribution in [0.1, 0.15) is 63.4 Å². The smallest absolute Gasteiger partial charge is 0.338 e. The van der Waals surface area contributed by atoms with Gasteiger partial charge in [-0.25, -0.2) is 9.59 Å². The molecule has 1 saturated heterocycles. The van der Waals surface area contributed by atoms with E-state index in [9.17, 15) is 24.6 Å². The lowest BCUT2D eigenvalue weighted by molar-refractivity contribution is -0.351. The molecule has 9 heteroatoms. The minimum atomic E-state index is -1.99. The zero-order chi connectivity index (χ0) is 30.5. The number of fused-ring (bicyclic) bond motifs is 1. The van der Waals surface area contributed by atoms with Crippen LogP contribution < -0.4 is 0 Å². The molecule has 2 aromatic rings. The van der Waals surface area contributed by atoms with Gasteiger partial charge in [0.1, 0.15) is 23.4 Å². The van der Waals surface area contributed by atoms with Crippen molar-refractivity contribution in [3.05, 3.63) is 77.9 Å². The lowest BCUT2D eigenvalue weighted by atomic mass is 9.47. The molecule has 9 nitrogen and oxygen atoms in total. The van der Waals surface area contributed by atoms with Crippen LogP contribution in [0.3, 0.4) is 0 Å². The monoisotopic (exact) mass is 578 g/mol. The summed E-state index contributed by atoms with van der Waals surface area (Å²) in [6.45, 7) is 8.08. The average Bonchev–Trinajstić information content (AvgIpc) is 3.20. The summed E-state index contributed by atoms with van der Waals surface area (Å²) in [5, 5.41) is 23.7. The quantitative estimate of drug-likeness (QED) is 0.298. The van der Waals surface area contributed by atoms with Crippen LogP contribution in [-0.2, 0) is 28.5 Å². The highest BCUT2D eigenvalue weighted by molar-refractivity contribution is 5.89. The molecule has 0 radical (unpaired) electrons. The Hall–Kier alpha value is -3.53. The summed E-state index contributed by atoms with van der Waals surface area (Å²) in [4.78, 5) is 39.0. The van der Waals surface area contributed by atoms with Gasteiger partial charge in [0.15, 0.2) is 12.2 Å². The highest BCUT2D eigenvalue weighted by Gasteiger charge is 2.82. The van der Waals surface area contributed by atoms with E-state index >= 15 is 0 Å². The molecule has 2 saturated carbocycles. The van der Waals surface area contributed by atoms with Crippen molar-refractivity contribution >= 4 is 24.0 Å². The normalized spacial score (nSPS) is 36.6. The second kappa shape index (κ2) is 10.6. The third-order valence-corrected chi connectivity index (χ3v) is 9.60. The third-order valence-electron chi connectivity index (χ3n) is 9.60. The van der Waals surface area contributed by atoms with E-state index in [0.29, 0.717) is 12.8 Å². The van der Waals surface area contributed by atoms with Gasteiger partial charge in [0.2, 0.25) is 0 Å². The highest BCUT2D eigenvalue weighted by atomic mass is 16.6. The number of carbonyl (C=O) groups excluding carboxylic acids is 3. The van der Waals surface area contributed by atoms with E-state index < -0.39 is 64.5 Å². The number of aliphatic hydroxyl groups excluding tert-OH is 1. The first kappa shape index (κ1) is 29.9. The molecule has 224 valence electrons. The molecule has 5 rings (SSSR count). The Kier molecular flexibility index (Phi) is 7.58. The number of ether oxygens (including phenoxy) is 4. The van der Waals surface area contributed by atoms with E-state index in [1.54, 1.807) is 43.3 Å². The van der Waals surface area contributed by atoms with Crippen molar-refractivity contribution in [2.45, 2.75) is 88.7 Å². The van der Waals surface area contributed by atoms with Gasteiger partial charge in [-0.1, -0.05) is 48.5 Å². The summed E-state index contributed by atoms with van der Waals surface area (Å²) in [7, 11) is 0. The topological polar surface area (TPSA) is 129 Å². The van der Waals surface area contributed by atoms with Crippen molar-refractivity contribution < 1.29 is 43.5 Å². The van der Waals surface area contributed by atoms with E-state index in [4.69, 9.17) is 18.9 Å². The van der Waals surface area contributed by atoms with Crippen molar-refractivity contribution in [2.24, 2.45) is 11.3 Å². The number of aliphatic hydroxyl groups is 2. The van der Waals surface area contributed by atoms with E-state index in [2.05, 4.69) is 0 Å². The second-order valence-corrected chi connectivity index (χ2v) is 12.5. The van der Waals surface area contributed by atoms with Crippen molar-refractivity contribution in [2.75, 3.05) is 0 Å². The first-order valence-electron chi connectivity index (χ1n) is 14.2. The number of rotatable bonds is 6. The molecular formula is C33H38O9. The standard InChI is InChI=1S/C33H38O9/c1-20(34)39-26-27(36)32(5,38)33-19-23(30(2,3)42-33)18-24(40-25(35)17-16-21-12-8-6-9-13-21)31(33,4)28(26)41-29(37)22-14-10-7-11-15-22/h6-17,23-24,26-28,36,38H,18-19H2,1-5H3/t23-,24+,26-,27+,28+,31-,32+,33-/m1/s1. The summed E-state index contributed by atoms with van der Waals surface area (Å²) < 4.78 is 24.5. The molecule has 3 fully saturated rings. The first-order chi connectivity index (χ1) is 19.7. The molecule has 0 unspecified atom stereocenters. The van der Waals surface area contributed by atoms with Gasteiger partial charge >= 0.3 is 17.9 Å². The summed E-state index contributed by atoms with van der Waals surface area (Å²) in [5.74, 6) is -2.27. The molecule has 3 aliphatic rings. The lowest BCUT2D eigenvalue weighted by Gasteiger charge is -2.65. The summed E-state index contributed by atoms with van der Waals surface area (Å²) in [5.41, 5.74) is -4.73. The minimum absolute atomic E-state index is 0.170. The van der Waals surface area contributed by atoms with Gasteiger partial charge in [-0.3, -0.25) is 4.79 Å². The second-order valence-electron chi connectivity index (χ2n) is 12.5. The van der Waals surface area contributed by atoms with Gasteiger partial charge in [0, 0.05) is 13.0 Å². The van der Waals surface area contributed by atoms with Crippen LogP contribution in [0.15, 0.2) is 66.7 Å². The Balaban J connectivity index is 1.62. The van der Waals surface area contributed by atoms with Crippen molar-refractivity contribution in [3.63, 3.8) is 0 Å². The lowest BCUT2D eigenvalue weighted by Crippen LogP contribution is -2.82. The molecule has 2 N–H and O–H groups in total. The maximum Gasteiger partial charge on any atom is 0.338 e. The van der Waals surface area contributed by atoms with Gasteiger partial charge in [0.05, 0.1) is 16.6 Å². The van der Waals surface area contributed by atoms with Gasteiger partial charge in [-0.15, -0.1) is 0 Å². The van der Waals surface area contributed by atoms with Crippen LogP contribution >= 0.6 is 0 Å². The Bertz CT molecular complexity index is 1370. The van der Waals surface area contributed by atoms with Crippen molar-refractivity contribution in [1.29, 1.82) is 0 Å². The average molecular weight is 579 g/mol. The highest BCUT2D eigenvalue weighted by Crippen LogP contribution is 2.68. The molecule has 1 heterocycles. The van der Waals surface area contributed by atoms with E-state index in [-0.39, 0.29) is 11.5 Å². The Morgan fingerprint density at radius 2 is 1.55 bits per heavy atom. The van der Waals surface area contributed by atoms with Gasteiger partial charge in [-0.2, -0.15) is 0 Å². The Morgan fingerprint density at radius 3 is 2.17 bits per heavy atom. The van der Waals surface area contributed by atoms with E-state index in [0.717, 1.165) is 5.56 Å². The Labute approximate surface area is 245 Å². The maximum absolute atomic E-state index is 13.5. The van der Waals surface area contributed by atoms with Crippen molar-refractivity contribution in [3.8, 4) is 0 Å². The summed E-state index contributed by atoms with van der Waals surface area (Å²) in [6.07, 6.45) is -1.90. The molecule has 42 heavy (non-hydrogen) atoms. The summed E-state index contributed by atoms with van der Waals surface area (Å²) >= 11 is 0. The number of hydrogen-bond acceptors (Lipinski definition) is 9. The van der Waals surface area contributed by atoms with Gasteiger partial charge in [-0.05, 0) is 70.2 Å². The van der Waals surface area contributed by atoms with Crippen LogP contribution in [0.25, 0.3) is 6.08 Å².